The van der Waals surface area contributed by atoms with Crippen molar-refractivity contribution in [2.45, 2.75) is 64.0 Å². The Bertz CT molecular complexity index is 1360. The summed E-state index contributed by atoms with van der Waals surface area (Å²) >= 11 is 1.68. The molecule has 0 aliphatic carbocycles. The Kier molecular flexibility index (Phi) is 11.7. The molecule has 1 atom stereocenters. The molecule has 3 aromatic rings. The molecule has 0 fully saturated rings. The number of carbonyl (C=O) groups excluding carboxylic acids is 2. The van der Waals surface area contributed by atoms with Gasteiger partial charge in [-0.05, 0) is 100 Å². The number of hydrogen-bond acceptors (Lipinski definition) is 9. The average molecular weight is 594 g/mol. The van der Waals surface area contributed by atoms with Crippen molar-refractivity contribution in [1.29, 1.82) is 0 Å². The van der Waals surface area contributed by atoms with E-state index in [1.165, 1.54) is 0 Å². The minimum Gasteiger partial charge on any atom is -0.480 e. The quantitative estimate of drug-likeness (QED) is 0.129. The van der Waals surface area contributed by atoms with Crippen molar-refractivity contribution in [3.8, 4) is 5.75 Å². The Labute approximate surface area is 254 Å². The van der Waals surface area contributed by atoms with E-state index in [9.17, 15) is 9.59 Å². The normalized spacial score (nSPS) is 12.1. The van der Waals surface area contributed by atoms with Crippen LogP contribution in [0.3, 0.4) is 0 Å². The van der Waals surface area contributed by atoms with E-state index in [-0.39, 0.29) is 31.5 Å². The Morgan fingerprint density at radius 1 is 1.02 bits per heavy atom. The summed E-state index contributed by atoms with van der Waals surface area (Å²) in [6.07, 6.45) is 0.120. The van der Waals surface area contributed by atoms with Crippen LogP contribution in [0.5, 0.6) is 5.75 Å². The van der Waals surface area contributed by atoms with E-state index >= 15 is 0 Å². The molecule has 0 heterocycles. The molecule has 3 N–H and O–H groups in total. The van der Waals surface area contributed by atoms with Crippen LogP contribution in [0, 0.1) is 6.92 Å². The van der Waals surface area contributed by atoms with Crippen molar-refractivity contribution in [3.05, 3.63) is 82.9 Å². The molecule has 0 bridgehead atoms. The van der Waals surface area contributed by atoms with Crippen LogP contribution in [0.25, 0.3) is 0 Å². The topological polar surface area (TPSA) is 103 Å². The summed E-state index contributed by atoms with van der Waals surface area (Å²) in [5.74, 6) is -0.753. The molecule has 226 valence electrons. The second kappa shape index (κ2) is 15.0. The standard InChI is InChI=1S/C33H43N3O5S/c1-8-39-30(37)19-27(23-15-14-22(2)25(16-23)20-36(7)42-26-12-10-9-11-13-26)24-17-28(34)32(35-6)29(18-24)40-21-31(38)41-33(3,4)5/h9-18,27,35H,8,19-21,34H2,1-7H3. The Balaban J connectivity index is 1.96. The minimum absolute atomic E-state index is 0.120. The fourth-order valence-corrected chi connectivity index (χ4v) is 5.42. The zero-order valence-electron chi connectivity index (χ0n) is 25.7. The van der Waals surface area contributed by atoms with Crippen LogP contribution in [-0.4, -0.2) is 49.2 Å². The molecule has 3 aromatic carbocycles. The summed E-state index contributed by atoms with van der Waals surface area (Å²) in [5, 5.41) is 3.06. The number of ether oxygens (including phenoxy) is 3. The second-order valence-electron chi connectivity index (χ2n) is 11.0. The first-order valence-corrected chi connectivity index (χ1v) is 14.8. The molecule has 42 heavy (non-hydrogen) atoms. The molecule has 0 aromatic heterocycles. The molecule has 0 amide bonds. The van der Waals surface area contributed by atoms with E-state index in [1.54, 1.807) is 46.7 Å². The van der Waals surface area contributed by atoms with Crippen LogP contribution in [0.15, 0.2) is 65.6 Å². The highest BCUT2D eigenvalue weighted by Crippen LogP contribution is 2.39. The van der Waals surface area contributed by atoms with Gasteiger partial charge in [-0.1, -0.05) is 36.4 Å². The van der Waals surface area contributed by atoms with Gasteiger partial charge in [0.25, 0.3) is 0 Å². The molecule has 0 aliphatic rings. The molecule has 0 aliphatic heterocycles. The van der Waals surface area contributed by atoms with E-state index < -0.39 is 11.6 Å². The van der Waals surface area contributed by atoms with Gasteiger partial charge in [-0.25, -0.2) is 9.10 Å². The molecule has 0 radical (unpaired) electrons. The van der Waals surface area contributed by atoms with Crippen molar-refractivity contribution in [2.75, 3.05) is 38.4 Å². The zero-order valence-corrected chi connectivity index (χ0v) is 26.5. The summed E-state index contributed by atoms with van der Waals surface area (Å²) in [6.45, 7) is 10.00. The minimum atomic E-state index is -0.630. The van der Waals surface area contributed by atoms with Crippen LogP contribution in [0.2, 0.25) is 0 Å². The maximum atomic E-state index is 12.8. The van der Waals surface area contributed by atoms with Gasteiger partial charge in [0.15, 0.2) is 6.61 Å². The Morgan fingerprint density at radius 3 is 2.38 bits per heavy atom. The number of nitrogen functional groups attached to an aromatic ring is 1. The number of rotatable bonds is 13. The monoisotopic (exact) mass is 593 g/mol. The predicted octanol–water partition coefficient (Wildman–Crippen LogP) is 6.56. The number of hydrogen-bond donors (Lipinski definition) is 2. The van der Waals surface area contributed by atoms with Gasteiger partial charge < -0.3 is 25.3 Å². The fraction of sp³-hybridized carbons (Fsp3) is 0.394. The second-order valence-corrected chi connectivity index (χ2v) is 12.3. The van der Waals surface area contributed by atoms with Gasteiger partial charge in [0.2, 0.25) is 0 Å². The van der Waals surface area contributed by atoms with E-state index in [0.717, 1.165) is 27.1 Å². The summed E-state index contributed by atoms with van der Waals surface area (Å²) in [7, 11) is 3.79. The zero-order chi connectivity index (χ0) is 30.9. The first-order valence-electron chi connectivity index (χ1n) is 14.0. The molecule has 9 heteroatoms. The van der Waals surface area contributed by atoms with Crippen LogP contribution in [0.4, 0.5) is 11.4 Å². The van der Waals surface area contributed by atoms with Crippen LogP contribution >= 0.6 is 11.9 Å². The molecule has 1 unspecified atom stereocenters. The maximum absolute atomic E-state index is 12.8. The molecule has 0 saturated heterocycles. The van der Waals surface area contributed by atoms with Crippen molar-refractivity contribution < 1.29 is 23.8 Å². The highest BCUT2D eigenvalue weighted by Gasteiger charge is 2.24. The summed E-state index contributed by atoms with van der Waals surface area (Å²) < 4.78 is 18.8. The molecular weight excluding hydrogens is 550 g/mol. The van der Waals surface area contributed by atoms with Gasteiger partial charge in [-0.15, -0.1) is 0 Å². The molecular formula is C33H43N3O5S. The highest BCUT2D eigenvalue weighted by atomic mass is 32.2. The third-order valence-corrected chi connectivity index (χ3v) is 7.35. The van der Waals surface area contributed by atoms with Gasteiger partial charge in [-0.3, -0.25) is 4.79 Å². The summed E-state index contributed by atoms with van der Waals surface area (Å²) in [6, 6.07) is 20.2. The largest absolute Gasteiger partial charge is 0.480 e. The number of esters is 2. The number of aryl methyl sites for hydroxylation is 1. The van der Waals surface area contributed by atoms with Crippen LogP contribution < -0.4 is 15.8 Å². The lowest BCUT2D eigenvalue weighted by Gasteiger charge is -2.23. The molecule has 0 saturated carbocycles. The van der Waals surface area contributed by atoms with E-state index in [0.29, 0.717) is 23.7 Å². The summed E-state index contributed by atoms with van der Waals surface area (Å²) in [4.78, 5) is 26.3. The maximum Gasteiger partial charge on any atom is 0.344 e. The SMILES string of the molecule is CCOC(=O)CC(c1ccc(C)c(CN(C)Sc2ccccc2)c1)c1cc(N)c(NC)c(OCC(=O)OC(C)(C)C)c1. The first-order chi connectivity index (χ1) is 19.9. The number of nitrogens with zero attached hydrogens (tertiary/aromatic N) is 1. The van der Waals surface area contributed by atoms with Gasteiger partial charge in [0.1, 0.15) is 11.4 Å². The van der Waals surface area contributed by atoms with E-state index in [2.05, 4.69) is 47.9 Å². The first kappa shape index (κ1) is 32.8. The van der Waals surface area contributed by atoms with Crippen molar-refractivity contribution in [1.82, 2.24) is 4.31 Å². The lowest BCUT2D eigenvalue weighted by molar-refractivity contribution is -0.157. The number of nitrogens with one attached hydrogen (secondary N) is 1. The van der Waals surface area contributed by atoms with Gasteiger partial charge in [-0.2, -0.15) is 0 Å². The van der Waals surface area contributed by atoms with E-state index in [4.69, 9.17) is 19.9 Å². The Morgan fingerprint density at radius 2 is 1.74 bits per heavy atom. The average Bonchev–Trinajstić information content (AvgIpc) is 2.91. The van der Waals surface area contributed by atoms with E-state index in [1.807, 2.05) is 36.4 Å². The smallest absolute Gasteiger partial charge is 0.344 e. The predicted molar refractivity (Wildman–Crippen MR) is 170 cm³/mol. The molecule has 0 spiro atoms. The summed E-state index contributed by atoms with van der Waals surface area (Å²) in [5.41, 5.74) is 10.9. The van der Waals surface area contributed by atoms with Gasteiger partial charge in [0, 0.05) is 24.4 Å². The number of carbonyl (C=O) groups is 2. The number of benzene rings is 3. The fourth-order valence-electron chi connectivity index (χ4n) is 4.58. The third-order valence-electron chi connectivity index (χ3n) is 6.42. The van der Waals surface area contributed by atoms with Gasteiger partial charge in [0.05, 0.1) is 24.4 Å². The van der Waals surface area contributed by atoms with Crippen molar-refractivity contribution in [3.63, 3.8) is 0 Å². The van der Waals surface area contributed by atoms with Crippen LogP contribution in [-0.2, 0) is 25.6 Å². The lowest BCUT2D eigenvalue weighted by Crippen LogP contribution is -2.27. The molecule has 8 nitrogen and oxygen atoms in total. The van der Waals surface area contributed by atoms with Crippen molar-refractivity contribution >= 4 is 35.3 Å². The van der Waals surface area contributed by atoms with Crippen LogP contribution in [0.1, 0.15) is 62.3 Å². The number of nitrogens with two attached hydrogens (primary N) is 1. The lowest BCUT2D eigenvalue weighted by atomic mass is 9.86. The number of anilines is 2. The molecule has 3 rings (SSSR count). The third kappa shape index (κ3) is 9.70. The van der Waals surface area contributed by atoms with Gasteiger partial charge >= 0.3 is 11.9 Å². The van der Waals surface area contributed by atoms with Crippen molar-refractivity contribution in [2.24, 2.45) is 0 Å². The highest BCUT2D eigenvalue weighted by molar-refractivity contribution is 7.97. The Hall–Kier alpha value is -3.69.